The Kier molecular flexibility index (Phi) is 4.51. The molecule has 2 rings (SSSR count). The molecule has 0 aliphatic heterocycles. The SMILES string of the molecule is Cc1cc(C)c(C)c(OC(C)C(=O)c2ccc(Cl)s2)c1. The number of hydrogen-bond donors (Lipinski definition) is 0. The van der Waals surface area contributed by atoms with Crippen molar-refractivity contribution in [1.29, 1.82) is 0 Å². The summed E-state index contributed by atoms with van der Waals surface area (Å²) in [6.07, 6.45) is -0.524. The first-order valence-corrected chi connectivity index (χ1v) is 7.62. The lowest BCUT2D eigenvalue weighted by molar-refractivity contribution is 0.0821. The van der Waals surface area contributed by atoms with Crippen molar-refractivity contribution >= 4 is 28.7 Å². The molecule has 0 aliphatic carbocycles. The molecule has 2 aromatic rings. The van der Waals surface area contributed by atoms with Crippen molar-refractivity contribution in [3.05, 3.63) is 50.2 Å². The van der Waals surface area contributed by atoms with Crippen molar-refractivity contribution in [2.24, 2.45) is 0 Å². The highest BCUT2D eigenvalue weighted by molar-refractivity contribution is 7.18. The highest BCUT2D eigenvalue weighted by Gasteiger charge is 2.19. The molecule has 0 N–H and O–H groups in total. The van der Waals surface area contributed by atoms with E-state index in [1.807, 2.05) is 26.8 Å². The molecular formula is C16H17ClO2S. The molecule has 4 heteroatoms. The van der Waals surface area contributed by atoms with Gasteiger partial charge >= 0.3 is 0 Å². The predicted molar refractivity (Wildman–Crippen MR) is 84.4 cm³/mol. The summed E-state index contributed by atoms with van der Waals surface area (Å²) in [5.74, 6) is 0.728. The molecule has 20 heavy (non-hydrogen) atoms. The molecule has 0 aliphatic rings. The summed E-state index contributed by atoms with van der Waals surface area (Å²) in [6, 6.07) is 7.54. The van der Waals surface area contributed by atoms with E-state index in [1.165, 1.54) is 16.9 Å². The quantitative estimate of drug-likeness (QED) is 0.745. The fraction of sp³-hybridized carbons (Fsp3) is 0.312. The van der Waals surface area contributed by atoms with Gasteiger partial charge in [0, 0.05) is 0 Å². The molecule has 1 aromatic heterocycles. The number of Topliss-reactive ketones (excluding diaryl/α,β-unsaturated/α-hetero) is 1. The minimum absolute atomic E-state index is 0.0412. The van der Waals surface area contributed by atoms with E-state index in [-0.39, 0.29) is 5.78 Å². The summed E-state index contributed by atoms with van der Waals surface area (Å²) in [5.41, 5.74) is 3.36. The van der Waals surface area contributed by atoms with Crippen LogP contribution in [0.2, 0.25) is 4.34 Å². The number of benzene rings is 1. The van der Waals surface area contributed by atoms with E-state index >= 15 is 0 Å². The van der Waals surface area contributed by atoms with Crippen molar-refractivity contribution < 1.29 is 9.53 Å². The van der Waals surface area contributed by atoms with Crippen LogP contribution in [-0.4, -0.2) is 11.9 Å². The number of hydrogen-bond acceptors (Lipinski definition) is 3. The minimum atomic E-state index is -0.524. The minimum Gasteiger partial charge on any atom is -0.482 e. The van der Waals surface area contributed by atoms with Crippen molar-refractivity contribution in [3.63, 3.8) is 0 Å². The Morgan fingerprint density at radius 2 is 1.95 bits per heavy atom. The fourth-order valence-corrected chi connectivity index (χ4v) is 3.08. The van der Waals surface area contributed by atoms with Gasteiger partial charge in [-0.25, -0.2) is 0 Å². The van der Waals surface area contributed by atoms with E-state index < -0.39 is 6.10 Å². The molecule has 1 aromatic carbocycles. The average Bonchev–Trinajstić information content (AvgIpc) is 2.81. The standard InChI is InChI=1S/C16H17ClO2S/c1-9-7-10(2)11(3)13(8-9)19-12(4)16(18)14-5-6-15(17)20-14/h5-8,12H,1-4H3. The molecule has 1 unspecified atom stereocenters. The van der Waals surface area contributed by atoms with E-state index in [4.69, 9.17) is 16.3 Å². The van der Waals surface area contributed by atoms with Crippen molar-refractivity contribution in [2.75, 3.05) is 0 Å². The van der Waals surface area contributed by atoms with Gasteiger partial charge in [-0.3, -0.25) is 4.79 Å². The van der Waals surface area contributed by atoms with E-state index in [0.717, 1.165) is 16.9 Å². The Morgan fingerprint density at radius 1 is 1.25 bits per heavy atom. The molecule has 0 spiro atoms. The lowest BCUT2D eigenvalue weighted by atomic mass is 10.1. The maximum atomic E-state index is 12.3. The fourth-order valence-electron chi connectivity index (χ4n) is 2.01. The van der Waals surface area contributed by atoms with Crippen LogP contribution < -0.4 is 4.74 Å². The van der Waals surface area contributed by atoms with Gasteiger partial charge in [-0.05, 0) is 62.6 Å². The summed E-state index contributed by atoms with van der Waals surface area (Å²) in [5, 5.41) is 0. The van der Waals surface area contributed by atoms with Gasteiger partial charge in [0.15, 0.2) is 6.10 Å². The molecule has 106 valence electrons. The van der Waals surface area contributed by atoms with Crippen molar-refractivity contribution in [3.8, 4) is 5.75 Å². The van der Waals surface area contributed by atoms with Crippen LogP contribution in [0.4, 0.5) is 0 Å². The third kappa shape index (κ3) is 3.22. The molecule has 0 bridgehead atoms. The van der Waals surface area contributed by atoms with Crippen molar-refractivity contribution in [2.45, 2.75) is 33.8 Å². The molecule has 1 heterocycles. The summed E-state index contributed by atoms with van der Waals surface area (Å²) >= 11 is 7.14. The lowest BCUT2D eigenvalue weighted by Gasteiger charge is -2.16. The summed E-state index contributed by atoms with van der Waals surface area (Å²) < 4.78 is 6.46. The molecule has 0 fully saturated rings. The molecule has 0 saturated heterocycles. The second-order valence-corrected chi connectivity index (χ2v) is 6.65. The number of halogens is 1. The van der Waals surface area contributed by atoms with Crippen LogP contribution in [-0.2, 0) is 0 Å². The number of thiophene rings is 1. The second-order valence-electron chi connectivity index (χ2n) is 4.93. The second kappa shape index (κ2) is 5.98. The van der Waals surface area contributed by atoms with Crippen LogP contribution in [0.25, 0.3) is 0 Å². The van der Waals surface area contributed by atoms with Gasteiger partial charge in [0.25, 0.3) is 0 Å². The van der Waals surface area contributed by atoms with Crippen LogP contribution in [0.3, 0.4) is 0 Å². The summed E-state index contributed by atoms with van der Waals surface area (Å²) in [7, 11) is 0. The van der Waals surface area contributed by atoms with Gasteiger partial charge < -0.3 is 4.74 Å². The predicted octanol–water partition coefficient (Wildman–Crippen LogP) is 4.98. The van der Waals surface area contributed by atoms with Gasteiger partial charge in [-0.15, -0.1) is 11.3 Å². The first kappa shape index (κ1) is 15.1. The van der Waals surface area contributed by atoms with Crippen LogP contribution in [0.5, 0.6) is 5.75 Å². The Bertz CT molecular complexity index is 646. The topological polar surface area (TPSA) is 26.3 Å². The van der Waals surface area contributed by atoms with Crippen molar-refractivity contribution in [1.82, 2.24) is 0 Å². The molecule has 0 saturated carbocycles. The molecular weight excluding hydrogens is 292 g/mol. The third-order valence-corrected chi connectivity index (χ3v) is 4.50. The van der Waals surface area contributed by atoms with Gasteiger partial charge in [0.05, 0.1) is 9.21 Å². The smallest absolute Gasteiger partial charge is 0.212 e. The van der Waals surface area contributed by atoms with Crippen LogP contribution in [0.15, 0.2) is 24.3 Å². The number of ketones is 1. The highest BCUT2D eigenvalue weighted by atomic mass is 35.5. The average molecular weight is 309 g/mol. The number of carbonyl (C=O) groups is 1. The van der Waals surface area contributed by atoms with Gasteiger partial charge in [-0.1, -0.05) is 17.7 Å². The van der Waals surface area contributed by atoms with Gasteiger partial charge in [0.1, 0.15) is 5.75 Å². The number of carbonyl (C=O) groups excluding carboxylic acids is 1. The third-order valence-electron chi connectivity index (χ3n) is 3.25. The first-order valence-electron chi connectivity index (χ1n) is 6.42. The zero-order chi connectivity index (χ0) is 14.9. The van der Waals surface area contributed by atoms with E-state index in [1.54, 1.807) is 19.1 Å². The highest BCUT2D eigenvalue weighted by Crippen LogP contribution is 2.27. The zero-order valence-electron chi connectivity index (χ0n) is 12.0. The number of aryl methyl sites for hydroxylation is 2. The largest absolute Gasteiger partial charge is 0.482 e. The number of rotatable bonds is 4. The summed E-state index contributed by atoms with van der Waals surface area (Å²) in [4.78, 5) is 12.9. The Hall–Kier alpha value is -1.32. The van der Waals surface area contributed by atoms with Crippen LogP contribution in [0.1, 0.15) is 33.3 Å². The first-order chi connectivity index (χ1) is 9.38. The van der Waals surface area contributed by atoms with E-state index in [0.29, 0.717) is 9.21 Å². The number of ether oxygens (including phenoxy) is 1. The molecule has 1 atom stereocenters. The Balaban J connectivity index is 2.20. The van der Waals surface area contributed by atoms with Gasteiger partial charge in [-0.2, -0.15) is 0 Å². The van der Waals surface area contributed by atoms with Crippen LogP contribution >= 0.6 is 22.9 Å². The van der Waals surface area contributed by atoms with Crippen LogP contribution in [0, 0.1) is 20.8 Å². The van der Waals surface area contributed by atoms with Gasteiger partial charge in [0.2, 0.25) is 5.78 Å². The Labute approximate surface area is 128 Å². The molecule has 0 radical (unpaired) electrons. The molecule has 0 amide bonds. The van der Waals surface area contributed by atoms with E-state index in [2.05, 4.69) is 6.07 Å². The van der Waals surface area contributed by atoms with E-state index in [9.17, 15) is 4.79 Å². The Morgan fingerprint density at radius 3 is 2.55 bits per heavy atom. The maximum absolute atomic E-state index is 12.3. The zero-order valence-corrected chi connectivity index (χ0v) is 13.6. The summed E-state index contributed by atoms with van der Waals surface area (Å²) in [6.45, 7) is 7.84. The monoisotopic (exact) mass is 308 g/mol. The normalized spacial score (nSPS) is 12.2. The molecule has 2 nitrogen and oxygen atoms in total. The lowest BCUT2D eigenvalue weighted by Crippen LogP contribution is -2.23. The maximum Gasteiger partial charge on any atom is 0.212 e.